The lowest BCUT2D eigenvalue weighted by Crippen LogP contribution is -2.09. The van der Waals surface area contributed by atoms with Gasteiger partial charge in [-0.05, 0) is 48.0 Å². The normalized spacial score (nSPS) is 10.9. The summed E-state index contributed by atoms with van der Waals surface area (Å²) in [6.45, 7) is 0. The molecule has 0 unspecified atom stereocenters. The summed E-state index contributed by atoms with van der Waals surface area (Å²) >= 11 is 7.31. The summed E-state index contributed by atoms with van der Waals surface area (Å²) in [5.74, 6) is -0.192. The van der Waals surface area contributed by atoms with Crippen LogP contribution in [0.4, 0.5) is 5.69 Å². The number of thiophene rings is 1. The van der Waals surface area contributed by atoms with Crippen LogP contribution in [0.1, 0.15) is 9.67 Å². The van der Waals surface area contributed by atoms with Crippen molar-refractivity contribution >= 4 is 45.6 Å². The van der Waals surface area contributed by atoms with Gasteiger partial charge in [0.15, 0.2) is 0 Å². The summed E-state index contributed by atoms with van der Waals surface area (Å²) in [4.78, 5) is 30.7. The van der Waals surface area contributed by atoms with Crippen LogP contribution in [0.15, 0.2) is 59.4 Å². The highest BCUT2D eigenvalue weighted by molar-refractivity contribution is 7.17. The average Bonchev–Trinajstić information content (AvgIpc) is 3.21. The Kier molecular flexibility index (Phi) is 3.91. The van der Waals surface area contributed by atoms with Gasteiger partial charge in [0.2, 0.25) is 0 Å². The van der Waals surface area contributed by atoms with Gasteiger partial charge in [0.25, 0.3) is 5.91 Å². The standard InChI is InChI=1S/C18H12ClN3O2S/c19-11-3-1-10(2-4-11)15-7-8-16(25-15)17(23)20-12-5-6-13-14(9-12)22-18(24)21-13/h1-9H,(H,20,23)(H2,21,22,24). The fourth-order valence-corrected chi connectivity index (χ4v) is 3.56. The second kappa shape index (κ2) is 6.23. The lowest BCUT2D eigenvalue weighted by molar-refractivity contribution is 0.103. The number of hydrogen-bond donors (Lipinski definition) is 3. The number of aromatic amines is 2. The molecule has 0 aliphatic heterocycles. The quantitative estimate of drug-likeness (QED) is 0.497. The molecule has 2 heterocycles. The summed E-state index contributed by atoms with van der Waals surface area (Å²) in [7, 11) is 0. The summed E-state index contributed by atoms with van der Waals surface area (Å²) in [6.07, 6.45) is 0. The van der Waals surface area contributed by atoms with Crippen molar-refractivity contribution in [2.24, 2.45) is 0 Å². The monoisotopic (exact) mass is 369 g/mol. The number of anilines is 1. The molecule has 0 saturated heterocycles. The molecule has 0 atom stereocenters. The number of rotatable bonds is 3. The molecule has 0 fully saturated rings. The van der Waals surface area contributed by atoms with Gasteiger partial charge in [0.1, 0.15) is 0 Å². The van der Waals surface area contributed by atoms with Crippen LogP contribution in [-0.4, -0.2) is 15.9 Å². The molecule has 0 saturated carbocycles. The summed E-state index contributed by atoms with van der Waals surface area (Å²) in [5.41, 5.74) is 2.71. The Balaban J connectivity index is 1.56. The van der Waals surface area contributed by atoms with E-state index in [2.05, 4.69) is 15.3 Å². The van der Waals surface area contributed by atoms with E-state index in [0.717, 1.165) is 10.4 Å². The molecule has 5 nitrogen and oxygen atoms in total. The smallest absolute Gasteiger partial charge is 0.321 e. The van der Waals surface area contributed by atoms with Gasteiger partial charge in [-0.15, -0.1) is 11.3 Å². The molecule has 1 amide bonds. The third-order valence-electron chi connectivity index (χ3n) is 3.73. The first-order chi connectivity index (χ1) is 12.1. The van der Waals surface area contributed by atoms with E-state index < -0.39 is 0 Å². The van der Waals surface area contributed by atoms with E-state index in [1.165, 1.54) is 11.3 Å². The topological polar surface area (TPSA) is 77.8 Å². The lowest BCUT2D eigenvalue weighted by Gasteiger charge is -2.03. The molecule has 7 heteroatoms. The van der Waals surface area contributed by atoms with Crippen molar-refractivity contribution in [2.75, 3.05) is 5.32 Å². The van der Waals surface area contributed by atoms with Gasteiger partial charge in [-0.1, -0.05) is 23.7 Å². The Morgan fingerprint density at radius 2 is 1.72 bits per heavy atom. The first-order valence-corrected chi connectivity index (χ1v) is 8.67. The number of aromatic nitrogens is 2. The number of fused-ring (bicyclic) bond motifs is 1. The molecule has 0 aliphatic rings. The zero-order valence-corrected chi connectivity index (χ0v) is 14.4. The van der Waals surface area contributed by atoms with Crippen LogP contribution in [0.5, 0.6) is 0 Å². The van der Waals surface area contributed by atoms with Crippen LogP contribution in [0, 0.1) is 0 Å². The van der Waals surface area contributed by atoms with Gasteiger partial charge in [-0.2, -0.15) is 0 Å². The van der Waals surface area contributed by atoms with E-state index in [1.54, 1.807) is 24.3 Å². The molecule has 4 rings (SSSR count). The van der Waals surface area contributed by atoms with E-state index in [9.17, 15) is 9.59 Å². The van der Waals surface area contributed by atoms with Crippen molar-refractivity contribution in [3.63, 3.8) is 0 Å². The average molecular weight is 370 g/mol. The Labute approximate surface area is 151 Å². The van der Waals surface area contributed by atoms with Crippen LogP contribution >= 0.6 is 22.9 Å². The Bertz CT molecular complexity index is 1130. The molecule has 4 aromatic rings. The Morgan fingerprint density at radius 1 is 0.960 bits per heavy atom. The van der Waals surface area contributed by atoms with Crippen molar-refractivity contribution in [2.45, 2.75) is 0 Å². The number of carbonyl (C=O) groups is 1. The number of amides is 1. The van der Waals surface area contributed by atoms with Crippen LogP contribution in [0.25, 0.3) is 21.5 Å². The van der Waals surface area contributed by atoms with Crippen molar-refractivity contribution in [3.8, 4) is 10.4 Å². The number of imidazole rings is 1. The molecule has 124 valence electrons. The van der Waals surface area contributed by atoms with Gasteiger partial charge in [0.05, 0.1) is 15.9 Å². The molecule has 0 spiro atoms. The molecule has 0 aliphatic carbocycles. The minimum absolute atomic E-state index is 0.192. The van der Waals surface area contributed by atoms with Gasteiger partial charge < -0.3 is 15.3 Å². The van der Waals surface area contributed by atoms with Gasteiger partial charge >= 0.3 is 5.69 Å². The highest BCUT2D eigenvalue weighted by Gasteiger charge is 2.11. The van der Waals surface area contributed by atoms with Crippen LogP contribution in [0.3, 0.4) is 0 Å². The molecular weight excluding hydrogens is 358 g/mol. The SMILES string of the molecule is O=C(Nc1ccc2[nH]c(=O)[nH]c2c1)c1ccc(-c2ccc(Cl)cc2)s1. The first-order valence-electron chi connectivity index (χ1n) is 7.48. The highest BCUT2D eigenvalue weighted by atomic mass is 35.5. The largest absolute Gasteiger partial charge is 0.323 e. The van der Waals surface area contributed by atoms with Crippen LogP contribution in [-0.2, 0) is 0 Å². The van der Waals surface area contributed by atoms with Gasteiger partial charge in [-0.3, -0.25) is 4.79 Å². The predicted molar refractivity (Wildman–Crippen MR) is 102 cm³/mol. The van der Waals surface area contributed by atoms with E-state index >= 15 is 0 Å². The number of hydrogen-bond acceptors (Lipinski definition) is 3. The maximum atomic E-state index is 12.5. The third-order valence-corrected chi connectivity index (χ3v) is 5.12. The molecule has 0 bridgehead atoms. The summed E-state index contributed by atoms with van der Waals surface area (Å²) < 4.78 is 0. The molecule has 0 radical (unpaired) electrons. The summed E-state index contributed by atoms with van der Waals surface area (Å²) in [6, 6.07) is 16.4. The Hall–Kier alpha value is -2.83. The van der Waals surface area contributed by atoms with Gasteiger partial charge in [0, 0.05) is 15.6 Å². The minimum atomic E-state index is -0.274. The number of H-pyrrole nitrogens is 2. The second-order valence-corrected chi connectivity index (χ2v) is 6.98. The van der Waals surface area contributed by atoms with E-state index in [-0.39, 0.29) is 11.6 Å². The van der Waals surface area contributed by atoms with Crippen LogP contribution in [0.2, 0.25) is 5.02 Å². The second-order valence-electron chi connectivity index (χ2n) is 5.46. The third kappa shape index (κ3) is 3.22. The fourth-order valence-electron chi connectivity index (χ4n) is 2.53. The van der Waals surface area contributed by atoms with E-state index in [0.29, 0.717) is 26.6 Å². The fraction of sp³-hybridized carbons (Fsp3) is 0. The van der Waals surface area contributed by atoms with Crippen molar-refractivity contribution in [1.82, 2.24) is 9.97 Å². The molecule has 2 aromatic carbocycles. The van der Waals surface area contributed by atoms with E-state index in [1.807, 2.05) is 30.3 Å². The van der Waals surface area contributed by atoms with E-state index in [4.69, 9.17) is 11.6 Å². The molecular formula is C18H12ClN3O2S. The zero-order valence-electron chi connectivity index (χ0n) is 12.8. The Morgan fingerprint density at radius 3 is 2.52 bits per heavy atom. The maximum Gasteiger partial charge on any atom is 0.323 e. The van der Waals surface area contributed by atoms with Gasteiger partial charge in [-0.25, -0.2) is 4.79 Å². The summed E-state index contributed by atoms with van der Waals surface area (Å²) in [5, 5.41) is 3.53. The minimum Gasteiger partial charge on any atom is -0.321 e. The molecule has 3 N–H and O–H groups in total. The first kappa shape index (κ1) is 15.7. The lowest BCUT2D eigenvalue weighted by atomic mass is 10.2. The van der Waals surface area contributed by atoms with Crippen molar-refractivity contribution in [3.05, 3.63) is 75.0 Å². The van der Waals surface area contributed by atoms with Crippen molar-refractivity contribution < 1.29 is 4.79 Å². The molecule has 2 aromatic heterocycles. The highest BCUT2D eigenvalue weighted by Crippen LogP contribution is 2.29. The number of benzene rings is 2. The zero-order chi connectivity index (χ0) is 17.4. The van der Waals surface area contributed by atoms with Crippen molar-refractivity contribution in [1.29, 1.82) is 0 Å². The van der Waals surface area contributed by atoms with Crippen LogP contribution < -0.4 is 11.0 Å². The number of carbonyl (C=O) groups excluding carboxylic acids is 1. The number of nitrogens with one attached hydrogen (secondary N) is 3. The number of halogens is 1. The molecule has 25 heavy (non-hydrogen) atoms. The maximum absolute atomic E-state index is 12.5. The predicted octanol–water partition coefficient (Wildman–Crippen LogP) is 4.49.